The Kier molecular flexibility index (Phi) is 5.21. The van der Waals surface area contributed by atoms with E-state index in [0.29, 0.717) is 5.41 Å². The summed E-state index contributed by atoms with van der Waals surface area (Å²) in [5.74, 6) is 0.914. The second-order valence-corrected chi connectivity index (χ2v) is 6.44. The Labute approximate surface area is 112 Å². The van der Waals surface area contributed by atoms with E-state index in [2.05, 4.69) is 32.9 Å². The Morgan fingerprint density at radius 2 is 1.67 bits per heavy atom. The van der Waals surface area contributed by atoms with E-state index in [-0.39, 0.29) is 12.1 Å². The van der Waals surface area contributed by atoms with E-state index < -0.39 is 0 Å². The highest BCUT2D eigenvalue weighted by molar-refractivity contribution is 5.29. The molecule has 1 aromatic rings. The summed E-state index contributed by atoms with van der Waals surface area (Å²) in [5, 5.41) is 0. The molecule has 0 aromatic heterocycles. The summed E-state index contributed by atoms with van der Waals surface area (Å²) in [5.41, 5.74) is 7.75. The number of rotatable bonds is 5. The first kappa shape index (κ1) is 15.0. The summed E-state index contributed by atoms with van der Waals surface area (Å²) in [6.45, 7) is 10.8. The van der Waals surface area contributed by atoms with Crippen molar-refractivity contribution >= 4 is 0 Å². The molecule has 0 bridgehead atoms. The fraction of sp³-hybridized carbons (Fsp3) is 0.625. The second-order valence-electron chi connectivity index (χ2n) is 6.44. The topological polar surface area (TPSA) is 35.2 Å². The van der Waals surface area contributed by atoms with E-state index in [1.165, 1.54) is 5.56 Å². The fourth-order valence-corrected chi connectivity index (χ4v) is 1.82. The molecule has 0 aliphatic rings. The van der Waals surface area contributed by atoms with E-state index >= 15 is 0 Å². The van der Waals surface area contributed by atoms with Crippen molar-refractivity contribution in [1.29, 1.82) is 0 Å². The lowest BCUT2D eigenvalue weighted by Gasteiger charge is -2.21. The highest BCUT2D eigenvalue weighted by atomic mass is 16.5. The van der Waals surface area contributed by atoms with E-state index in [0.717, 1.165) is 18.6 Å². The minimum absolute atomic E-state index is 0.123. The van der Waals surface area contributed by atoms with E-state index in [1.807, 2.05) is 26.0 Å². The van der Waals surface area contributed by atoms with Crippen LogP contribution in [0.2, 0.25) is 0 Å². The van der Waals surface area contributed by atoms with Crippen LogP contribution in [0.4, 0.5) is 0 Å². The molecule has 0 aliphatic heterocycles. The Morgan fingerprint density at radius 1 is 1.11 bits per heavy atom. The predicted octanol–water partition coefficient (Wildman–Crippen LogP) is 4.30. The van der Waals surface area contributed by atoms with Gasteiger partial charge >= 0.3 is 0 Å². The van der Waals surface area contributed by atoms with Gasteiger partial charge < -0.3 is 10.5 Å². The van der Waals surface area contributed by atoms with Gasteiger partial charge in [-0.15, -0.1) is 0 Å². The third kappa shape index (κ3) is 5.54. The summed E-state index contributed by atoms with van der Waals surface area (Å²) in [6.07, 6.45) is 2.37. The van der Waals surface area contributed by atoms with Crippen LogP contribution in [0.25, 0.3) is 0 Å². The molecular formula is C16H27NO. The van der Waals surface area contributed by atoms with Gasteiger partial charge in [0.1, 0.15) is 5.75 Å². The molecule has 0 radical (unpaired) electrons. The van der Waals surface area contributed by atoms with Crippen LogP contribution in [-0.2, 0) is 0 Å². The van der Waals surface area contributed by atoms with Gasteiger partial charge in [-0.25, -0.2) is 0 Å². The lowest BCUT2D eigenvalue weighted by Crippen LogP contribution is -2.14. The van der Waals surface area contributed by atoms with Crippen molar-refractivity contribution < 1.29 is 4.74 Å². The Hall–Kier alpha value is -1.02. The minimum atomic E-state index is 0.123. The van der Waals surface area contributed by atoms with Crippen LogP contribution in [0, 0.1) is 5.41 Å². The number of benzene rings is 1. The molecule has 18 heavy (non-hydrogen) atoms. The van der Waals surface area contributed by atoms with Crippen molar-refractivity contribution in [3.05, 3.63) is 29.8 Å². The first-order valence-electron chi connectivity index (χ1n) is 6.80. The Morgan fingerprint density at radius 3 is 2.11 bits per heavy atom. The average molecular weight is 249 g/mol. The third-order valence-electron chi connectivity index (χ3n) is 2.89. The molecule has 0 amide bonds. The van der Waals surface area contributed by atoms with Gasteiger partial charge in [-0.05, 0) is 49.8 Å². The maximum atomic E-state index is 6.21. The Balaban J connectivity index is 2.56. The van der Waals surface area contributed by atoms with Crippen LogP contribution >= 0.6 is 0 Å². The molecule has 1 unspecified atom stereocenters. The van der Waals surface area contributed by atoms with Crippen LogP contribution in [0.1, 0.15) is 59.1 Å². The van der Waals surface area contributed by atoms with Gasteiger partial charge in [-0.1, -0.05) is 32.9 Å². The maximum Gasteiger partial charge on any atom is 0.119 e. The van der Waals surface area contributed by atoms with Crippen LogP contribution < -0.4 is 10.5 Å². The zero-order chi connectivity index (χ0) is 13.8. The van der Waals surface area contributed by atoms with Crippen LogP contribution in [0.3, 0.4) is 0 Å². The van der Waals surface area contributed by atoms with Gasteiger partial charge in [0, 0.05) is 6.04 Å². The lowest BCUT2D eigenvalue weighted by molar-refractivity contribution is 0.242. The third-order valence-corrected chi connectivity index (χ3v) is 2.89. The number of nitrogens with two attached hydrogens (primary N) is 1. The molecule has 0 spiro atoms. The van der Waals surface area contributed by atoms with Crippen LogP contribution in [-0.4, -0.2) is 6.10 Å². The largest absolute Gasteiger partial charge is 0.491 e. The van der Waals surface area contributed by atoms with Crippen molar-refractivity contribution in [2.24, 2.45) is 11.1 Å². The number of hydrogen-bond acceptors (Lipinski definition) is 2. The molecule has 1 aromatic carbocycles. The molecule has 102 valence electrons. The summed E-state index contributed by atoms with van der Waals surface area (Å²) >= 11 is 0. The van der Waals surface area contributed by atoms with Gasteiger partial charge in [0.05, 0.1) is 6.10 Å². The van der Waals surface area contributed by atoms with Crippen molar-refractivity contribution in [2.75, 3.05) is 0 Å². The average Bonchev–Trinajstić information content (AvgIpc) is 2.25. The quantitative estimate of drug-likeness (QED) is 0.844. The maximum absolute atomic E-state index is 6.21. The fourth-order valence-electron chi connectivity index (χ4n) is 1.82. The van der Waals surface area contributed by atoms with E-state index in [9.17, 15) is 0 Å². The van der Waals surface area contributed by atoms with Gasteiger partial charge in [0.2, 0.25) is 0 Å². The van der Waals surface area contributed by atoms with Crippen molar-refractivity contribution in [3.63, 3.8) is 0 Å². The smallest absolute Gasteiger partial charge is 0.119 e. The van der Waals surface area contributed by atoms with Crippen molar-refractivity contribution in [2.45, 2.75) is 59.6 Å². The van der Waals surface area contributed by atoms with Crippen LogP contribution in [0.5, 0.6) is 5.75 Å². The molecular weight excluding hydrogens is 222 g/mol. The monoisotopic (exact) mass is 249 g/mol. The zero-order valence-corrected chi connectivity index (χ0v) is 12.4. The standard InChI is InChI=1S/C16H27NO/c1-12(2)18-14-8-6-13(7-9-14)15(17)10-11-16(3,4)5/h6-9,12,15H,10-11,17H2,1-5H3. The molecule has 0 aliphatic carbocycles. The molecule has 0 saturated heterocycles. The molecule has 1 rings (SSSR count). The predicted molar refractivity (Wildman–Crippen MR) is 77.8 cm³/mol. The molecule has 2 nitrogen and oxygen atoms in total. The summed E-state index contributed by atoms with van der Waals surface area (Å²) < 4.78 is 5.62. The molecule has 0 fully saturated rings. The highest BCUT2D eigenvalue weighted by Crippen LogP contribution is 2.27. The lowest BCUT2D eigenvalue weighted by atomic mass is 9.87. The highest BCUT2D eigenvalue weighted by Gasteiger charge is 2.14. The van der Waals surface area contributed by atoms with Gasteiger partial charge in [-0.3, -0.25) is 0 Å². The molecule has 2 N–H and O–H groups in total. The molecule has 1 atom stereocenters. The van der Waals surface area contributed by atoms with Crippen LogP contribution in [0.15, 0.2) is 24.3 Å². The second kappa shape index (κ2) is 6.24. The minimum Gasteiger partial charge on any atom is -0.491 e. The summed E-state index contributed by atoms with van der Waals surface area (Å²) in [7, 11) is 0. The Bertz CT molecular complexity index is 348. The first-order valence-corrected chi connectivity index (χ1v) is 6.80. The van der Waals surface area contributed by atoms with E-state index in [4.69, 9.17) is 10.5 Å². The van der Waals surface area contributed by atoms with E-state index in [1.54, 1.807) is 0 Å². The summed E-state index contributed by atoms with van der Waals surface area (Å²) in [4.78, 5) is 0. The zero-order valence-electron chi connectivity index (χ0n) is 12.4. The normalized spacial score (nSPS) is 13.7. The molecule has 0 heterocycles. The first-order chi connectivity index (χ1) is 8.28. The van der Waals surface area contributed by atoms with Gasteiger partial charge in [0.15, 0.2) is 0 Å². The number of hydrogen-bond donors (Lipinski definition) is 1. The molecule has 0 saturated carbocycles. The number of ether oxygens (including phenoxy) is 1. The van der Waals surface area contributed by atoms with Gasteiger partial charge in [0.25, 0.3) is 0 Å². The molecule has 2 heteroatoms. The summed E-state index contributed by atoms with van der Waals surface area (Å²) in [6, 6.07) is 8.28. The van der Waals surface area contributed by atoms with Gasteiger partial charge in [-0.2, -0.15) is 0 Å². The van der Waals surface area contributed by atoms with Crippen molar-refractivity contribution in [1.82, 2.24) is 0 Å². The SMILES string of the molecule is CC(C)Oc1ccc(C(N)CCC(C)(C)C)cc1. The van der Waals surface area contributed by atoms with Crippen molar-refractivity contribution in [3.8, 4) is 5.75 Å².